The van der Waals surface area contributed by atoms with E-state index >= 15 is 0 Å². The summed E-state index contributed by atoms with van der Waals surface area (Å²) in [7, 11) is 0. The van der Waals surface area contributed by atoms with E-state index in [1.807, 2.05) is 31.2 Å². The van der Waals surface area contributed by atoms with Gasteiger partial charge in [-0.05, 0) is 28.9 Å². The highest BCUT2D eigenvalue weighted by Gasteiger charge is 2.15. The van der Waals surface area contributed by atoms with E-state index in [-0.39, 0.29) is 11.3 Å². The number of anilines is 1. The third-order valence-electron chi connectivity index (χ3n) is 2.98. The molecule has 1 aromatic heterocycles. The van der Waals surface area contributed by atoms with Crippen molar-refractivity contribution in [2.75, 3.05) is 11.1 Å². The van der Waals surface area contributed by atoms with E-state index < -0.39 is 0 Å². The van der Waals surface area contributed by atoms with Crippen molar-refractivity contribution in [1.82, 2.24) is 15.2 Å². The first kappa shape index (κ1) is 15.6. The molecule has 5 nitrogen and oxygen atoms in total. The Morgan fingerprint density at radius 3 is 2.52 bits per heavy atom. The van der Waals surface area contributed by atoms with Crippen LogP contribution in [0.15, 0.2) is 29.4 Å². The fourth-order valence-corrected chi connectivity index (χ4v) is 2.32. The van der Waals surface area contributed by atoms with E-state index in [0.29, 0.717) is 16.7 Å². The average molecular weight is 304 g/mol. The van der Waals surface area contributed by atoms with Gasteiger partial charge >= 0.3 is 0 Å². The van der Waals surface area contributed by atoms with Crippen LogP contribution < -0.4 is 5.32 Å². The molecule has 0 radical (unpaired) electrons. The molecule has 2 aromatic rings. The number of nitrogens with zero attached hydrogens (tertiary/aromatic N) is 2. The zero-order valence-corrected chi connectivity index (χ0v) is 13.5. The smallest absolute Gasteiger partial charge is 0.258 e. The third-order valence-corrected chi connectivity index (χ3v) is 3.71. The van der Waals surface area contributed by atoms with Crippen molar-refractivity contribution in [1.29, 1.82) is 0 Å². The molecule has 112 valence electrons. The van der Waals surface area contributed by atoms with Gasteiger partial charge in [-0.3, -0.25) is 10.1 Å². The Balaban J connectivity index is 2.06. The zero-order chi connectivity index (χ0) is 15.5. The van der Waals surface area contributed by atoms with Crippen LogP contribution in [-0.4, -0.2) is 26.8 Å². The summed E-state index contributed by atoms with van der Waals surface area (Å²) in [5, 5.41) is 10.1. The fourth-order valence-electron chi connectivity index (χ4n) is 1.80. The Kier molecular flexibility index (Phi) is 4.67. The molecule has 1 amide bonds. The molecular formula is C15H20N4OS. The minimum Gasteiger partial charge on any atom is -0.291 e. The van der Waals surface area contributed by atoms with Crippen LogP contribution >= 0.6 is 11.8 Å². The highest BCUT2D eigenvalue weighted by molar-refractivity contribution is 7.99. The van der Waals surface area contributed by atoms with Crippen molar-refractivity contribution in [2.24, 2.45) is 0 Å². The standard InChI is InChI=1S/C15H20N4OS/c1-5-21-14-17-13(18-19-14)16-12(20)10-6-8-11(9-7-10)15(2,3)4/h6-9H,5H2,1-4H3,(H2,16,17,18,19,20). The highest BCUT2D eigenvalue weighted by atomic mass is 32.2. The summed E-state index contributed by atoms with van der Waals surface area (Å²) in [5.41, 5.74) is 1.87. The lowest BCUT2D eigenvalue weighted by Crippen LogP contribution is -2.15. The Hall–Kier alpha value is -1.82. The summed E-state index contributed by atoms with van der Waals surface area (Å²) in [6, 6.07) is 7.61. The number of hydrogen-bond donors (Lipinski definition) is 2. The normalized spacial score (nSPS) is 11.4. The number of aromatic amines is 1. The maximum atomic E-state index is 12.1. The molecule has 21 heavy (non-hydrogen) atoms. The molecule has 1 heterocycles. The van der Waals surface area contributed by atoms with Gasteiger partial charge in [0.1, 0.15) is 0 Å². The SMILES string of the molecule is CCSc1n[nH]c(NC(=O)c2ccc(C(C)(C)C)cc2)n1. The maximum Gasteiger partial charge on any atom is 0.258 e. The number of carbonyl (C=O) groups is 1. The molecule has 0 bridgehead atoms. The van der Waals surface area contributed by atoms with E-state index in [1.54, 1.807) is 0 Å². The molecule has 0 aliphatic heterocycles. The van der Waals surface area contributed by atoms with E-state index in [4.69, 9.17) is 0 Å². The molecule has 0 unspecified atom stereocenters. The number of aromatic nitrogens is 3. The number of thioether (sulfide) groups is 1. The van der Waals surface area contributed by atoms with Crippen molar-refractivity contribution in [3.8, 4) is 0 Å². The second-order valence-electron chi connectivity index (χ2n) is 5.68. The molecule has 6 heteroatoms. The molecule has 0 atom stereocenters. The van der Waals surface area contributed by atoms with Crippen LogP contribution in [-0.2, 0) is 5.41 Å². The fraction of sp³-hybridized carbons (Fsp3) is 0.400. The Labute approximate surface area is 128 Å². The molecule has 0 saturated heterocycles. The van der Waals surface area contributed by atoms with Gasteiger partial charge in [0.25, 0.3) is 5.91 Å². The van der Waals surface area contributed by atoms with Crippen molar-refractivity contribution >= 4 is 23.6 Å². The van der Waals surface area contributed by atoms with Gasteiger partial charge in [-0.1, -0.05) is 51.6 Å². The van der Waals surface area contributed by atoms with Crippen LogP contribution in [0.2, 0.25) is 0 Å². The molecular weight excluding hydrogens is 284 g/mol. The summed E-state index contributed by atoms with van der Waals surface area (Å²) < 4.78 is 0. The Bertz CT molecular complexity index is 613. The summed E-state index contributed by atoms with van der Waals surface area (Å²) in [5.74, 6) is 1.06. The third kappa shape index (κ3) is 4.07. The topological polar surface area (TPSA) is 70.7 Å². The minimum absolute atomic E-state index is 0.0756. The summed E-state index contributed by atoms with van der Waals surface area (Å²) >= 11 is 1.52. The second kappa shape index (κ2) is 6.30. The number of rotatable bonds is 4. The Morgan fingerprint density at radius 2 is 1.95 bits per heavy atom. The van der Waals surface area contributed by atoms with Gasteiger partial charge in [0.2, 0.25) is 11.1 Å². The predicted molar refractivity (Wildman–Crippen MR) is 85.9 cm³/mol. The molecule has 0 aliphatic carbocycles. The van der Waals surface area contributed by atoms with E-state index in [2.05, 4.69) is 41.3 Å². The summed E-state index contributed by atoms with van der Waals surface area (Å²) in [4.78, 5) is 16.3. The molecule has 0 saturated carbocycles. The van der Waals surface area contributed by atoms with E-state index in [1.165, 1.54) is 17.3 Å². The summed E-state index contributed by atoms with van der Waals surface area (Å²) in [6.07, 6.45) is 0. The average Bonchev–Trinajstić information content (AvgIpc) is 2.86. The van der Waals surface area contributed by atoms with Crippen LogP contribution in [0.3, 0.4) is 0 Å². The first-order valence-corrected chi connectivity index (χ1v) is 7.86. The predicted octanol–water partition coefficient (Wildman–Crippen LogP) is 3.47. The highest BCUT2D eigenvalue weighted by Crippen LogP contribution is 2.22. The van der Waals surface area contributed by atoms with Gasteiger partial charge in [-0.25, -0.2) is 5.10 Å². The van der Waals surface area contributed by atoms with Gasteiger partial charge in [0, 0.05) is 5.56 Å². The van der Waals surface area contributed by atoms with Gasteiger partial charge in [0.05, 0.1) is 0 Å². The lowest BCUT2D eigenvalue weighted by molar-refractivity contribution is 0.102. The number of nitrogens with one attached hydrogen (secondary N) is 2. The molecule has 0 aliphatic rings. The summed E-state index contributed by atoms with van der Waals surface area (Å²) in [6.45, 7) is 8.45. The molecule has 1 aromatic carbocycles. The number of benzene rings is 1. The maximum absolute atomic E-state index is 12.1. The van der Waals surface area contributed by atoms with Crippen molar-refractivity contribution in [3.63, 3.8) is 0 Å². The van der Waals surface area contributed by atoms with E-state index in [0.717, 1.165) is 5.75 Å². The molecule has 0 spiro atoms. The number of H-pyrrole nitrogens is 1. The van der Waals surface area contributed by atoms with Crippen LogP contribution in [0.1, 0.15) is 43.6 Å². The number of hydrogen-bond acceptors (Lipinski definition) is 4. The van der Waals surface area contributed by atoms with Crippen molar-refractivity contribution in [2.45, 2.75) is 38.3 Å². The lowest BCUT2D eigenvalue weighted by Gasteiger charge is -2.18. The van der Waals surface area contributed by atoms with Gasteiger partial charge in [0.15, 0.2) is 0 Å². The second-order valence-corrected chi connectivity index (χ2v) is 6.91. The van der Waals surface area contributed by atoms with E-state index in [9.17, 15) is 4.79 Å². The first-order valence-electron chi connectivity index (χ1n) is 6.87. The van der Waals surface area contributed by atoms with Crippen LogP contribution in [0.5, 0.6) is 0 Å². The zero-order valence-electron chi connectivity index (χ0n) is 12.7. The molecule has 0 fully saturated rings. The quantitative estimate of drug-likeness (QED) is 0.849. The van der Waals surface area contributed by atoms with Crippen LogP contribution in [0.25, 0.3) is 0 Å². The lowest BCUT2D eigenvalue weighted by atomic mass is 9.87. The van der Waals surface area contributed by atoms with Crippen LogP contribution in [0, 0.1) is 0 Å². The number of carbonyl (C=O) groups excluding carboxylic acids is 1. The first-order chi connectivity index (χ1) is 9.90. The largest absolute Gasteiger partial charge is 0.291 e. The van der Waals surface area contributed by atoms with Crippen molar-refractivity contribution in [3.05, 3.63) is 35.4 Å². The van der Waals surface area contributed by atoms with Crippen LogP contribution in [0.4, 0.5) is 5.95 Å². The monoisotopic (exact) mass is 304 g/mol. The number of amides is 1. The Morgan fingerprint density at radius 1 is 1.29 bits per heavy atom. The van der Waals surface area contributed by atoms with Gasteiger partial charge < -0.3 is 0 Å². The molecule has 2 rings (SSSR count). The van der Waals surface area contributed by atoms with Crippen molar-refractivity contribution < 1.29 is 4.79 Å². The van der Waals surface area contributed by atoms with Gasteiger partial charge in [-0.15, -0.1) is 5.10 Å². The van der Waals surface area contributed by atoms with Gasteiger partial charge in [-0.2, -0.15) is 4.98 Å². The molecule has 2 N–H and O–H groups in total. The minimum atomic E-state index is -0.195.